The Labute approximate surface area is 204 Å². The third kappa shape index (κ3) is 5.06. The van der Waals surface area contributed by atoms with E-state index in [1.807, 2.05) is 47.8 Å². The summed E-state index contributed by atoms with van der Waals surface area (Å²) >= 11 is 1.59. The van der Waals surface area contributed by atoms with Gasteiger partial charge in [-0.05, 0) is 42.5 Å². The maximum Gasteiger partial charge on any atom is 0.247 e. The molecule has 2 heterocycles. The minimum Gasteiger partial charge on any atom is -0.350 e. The molecule has 4 rings (SSSR count). The average Bonchev–Trinajstić information content (AvgIpc) is 3.36. The van der Waals surface area contributed by atoms with Gasteiger partial charge in [0.1, 0.15) is 5.54 Å². The van der Waals surface area contributed by atoms with Gasteiger partial charge in [-0.2, -0.15) is 4.31 Å². The molecule has 3 aromatic rings. The van der Waals surface area contributed by atoms with E-state index in [4.69, 9.17) is 0 Å². The number of hydrogen-bond donors (Lipinski definition) is 1. The Bertz CT molecular complexity index is 1230. The van der Waals surface area contributed by atoms with Gasteiger partial charge in [-0.3, -0.25) is 9.59 Å². The van der Waals surface area contributed by atoms with Crippen LogP contribution in [0.5, 0.6) is 0 Å². The molecule has 9 heteroatoms. The molecule has 0 aliphatic carbocycles. The SMILES string of the molecule is CC1(C(=O)NCc2ccccc2)CN(S(=O)(=O)c2ccccc2)CC(=O)N1CCc1cccs1. The van der Waals surface area contributed by atoms with E-state index in [9.17, 15) is 18.0 Å². The van der Waals surface area contributed by atoms with Crippen LogP contribution in [-0.4, -0.2) is 54.6 Å². The third-order valence-corrected chi connectivity index (χ3v) is 8.76. The van der Waals surface area contributed by atoms with Crippen molar-refractivity contribution in [2.75, 3.05) is 19.6 Å². The molecule has 1 aromatic heterocycles. The van der Waals surface area contributed by atoms with Gasteiger partial charge in [0.2, 0.25) is 21.8 Å². The molecule has 0 bridgehead atoms. The van der Waals surface area contributed by atoms with E-state index in [2.05, 4.69) is 5.32 Å². The lowest BCUT2D eigenvalue weighted by molar-refractivity contribution is -0.152. The van der Waals surface area contributed by atoms with Crippen molar-refractivity contribution in [2.24, 2.45) is 0 Å². The quantitative estimate of drug-likeness (QED) is 0.519. The Morgan fingerprint density at radius 2 is 1.71 bits per heavy atom. The molecule has 2 aromatic carbocycles. The molecule has 34 heavy (non-hydrogen) atoms. The van der Waals surface area contributed by atoms with Gasteiger partial charge in [0.25, 0.3) is 0 Å². The van der Waals surface area contributed by atoms with Crippen LogP contribution in [-0.2, 0) is 32.6 Å². The topological polar surface area (TPSA) is 86.8 Å². The van der Waals surface area contributed by atoms with Crippen molar-refractivity contribution in [3.05, 3.63) is 88.6 Å². The van der Waals surface area contributed by atoms with Crippen LogP contribution >= 0.6 is 11.3 Å². The molecule has 1 aliphatic rings. The number of rotatable bonds is 8. The van der Waals surface area contributed by atoms with Crippen LogP contribution in [0.4, 0.5) is 0 Å². The summed E-state index contributed by atoms with van der Waals surface area (Å²) in [5.41, 5.74) is -0.441. The van der Waals surface area contributed by atoms with Gasteiger partial charge in [-0.1, -0.05) is 54.6 Å². The Balaban J connectivity index is 1.61. The van der Waals surface area contributed by atoms with E-state index < -0.39 is 15.6 Å². The first-order valence-corrected chi connectivity index (χ1v) is 13.3. The van der Waals surface area contributed by atoms with Crippen molar-refractivity contribution in [3.8, 4) is 0 Å². The van der Waals surface area contributed by atoms with Crippen molar-refractivity contribution in [1.29, 1.82) is 0 Å². The summed E-state index contributed by atoms with van der Waals surface area (Å²) in [4.78, 5) is 29.5. The minimum absolute atomic E-state index is 0.0990. The lowest BCUT2D eigenvalue weighted by Crippen LogP contribution is -2.69. The zero-order valence-corrected chi connectivity index (χ0v) is 20.5. The van der Waals surface area contributed by atoms with E-state index in [1.165, 1.54) is 17.0 Å². The molecule has 2 amide bonds. The van der Waals surface area contributed by atoms with Crippen molar-refractivity contribution in [2.45, 2.75) is 30.3 Å². The van der Waals surface area contributed by atoms with E-state index in [0.717, 1.165) is 14.7 Å². The van der Waals surface area contributed by atoms with Gasteiger partial charge in [0.05, 0.1) is 11.4 Å². The Morgan fingerprint density at radius 1 is 1.03 bits per heavy atom. The molecular weight excluding hydrogens is 470 g/mol. The average molecular weight is 498 g/mol. The van der Waals surface area contributed by atoms with Crippen molar-refractivity contribution < 1.29 is 18.0 Å². The molecule has 0 saturated carbocycles. The Hall–Kier alpha value is -3.01. The number of piperazine rings is 1. The van der Waals surface area contributed by atoms with Crippen LogP contribution in [0.3, 0.4) is 0 Å². The Kier molecular flexibility index (Phi) is 7.16. The van der Waals surface area contributed by atoms with Gasteiger partial charge in [-0.25, -0.2) is 8.42 Å². The van der Waals surface area contributed by atoms with Crippen LogP contribution < -0.4 is 5.32 Å². The summed E-state index contributed by atoms with van der Waals surface area (Å²) in [5, 5.41) is 4.88. The number of nitrogens with one attached hydrogen (secondary N) is 1. The molecule has 7 nitrogen and oxygen atoms in total. The smallest absolute Gasteiger partial charge is 0.247 e. The first-order chi connectivity index (χ1) is 16.3. The van der Waals surface area contributed by atoms with E-state index in [1.54, 1.807) is 36.5 Å². The van der Waals surface area contributed by atoms with E-state index in [-0.39, 0.29) is 36.3 Å². The first-order valence-electron chi connectivity index (χ1n) is 11.0. The van der Waals surface area contributed by atoms with Gasteiger partial charge in [0.15, 0.2) is 0 Å². The fraction of sp³-hybridized carbons (Fsp3) is 0.280. The zero-order chi connectivity index (χ0) is 24.2. The molecule has 178 valence electrons. The number of carbonyl (C=O) groups is 2. The molecule has 0 spiro atoms. The predicted octanol–water partition coefficient (Wildman–Crippen LogP) is 2.90. The summed E-state index contributed by atoms with van der Waals surface area (Å²) in [6, 6.07) is 21.4. The predicted molar refractivity (Wildman–Crippen MR) is 132 cm³/mol. The molecule has 1 saturated heterocycles. The van der Waals surface area contributed by atoms with Gasteiger partial charge in [-0.15, -0.1) is 11.3 Å². The van der Waals surface area contributed by atoms with Gasteiger partial charge in [0, 0.05) is 24.5 Å². The number of hydrogen-bond acceptors (Lipinski definition) is 5. The molecule has 1 atom stereocenters. The molecular formula is C25H27N3O4S2. The van der Waals surface area contributed by atoms with E-state index >= 15 is 0 Å². The highest BCUT2D eigenvalue weighted by Crippen LogP contribution is 2.28. The number of carbonyl (C=O) groups excluding carboxylic acids is 2. The largest absolute Gasteiger partial charge is 0.350 e. The molecule has 1 aliphatic heterocycles. The van der Waals surface area contributed by atoms with Crippen molar-refractivity contribution >= 4 is 33.2 Å². The summed E-state index contributed by atoms with van der Waals surface area (Å²) in [6.45, 7) is 1.83. The van der Waals surface area contributed by atoms with Crippen LogP contribution in [0.2, 0.25) is 0 Å². The standard InChI is InChI=1S/C25H27N3O4S2/c1-25(24(30)26-17-20-9-4-2-5-10-20)19-27(34(31,32)22-12-6-3-7-13-22)18-23(29)28(25)15-14-21-11-8-16-33-21/h2-13,16H,14-15,17-19H2,1H3,(H,26,30). The maximum absolute atomic E-state index is 13.5. The van der Waals surface area contributed by atoms with Gasteiger partial charge >= 0.3 is 0 Å². The highest BCUT2D eigenvalue weighted by Gasteiger charge is 2.50. The Morgan fingerprint density at radius 3 is 2.35 bits per heavy atom. The molecule has 1 N–H and O–H groups in total. The van der Waals surface area contributed by atoms with Crippen LogP contribution in [0, 0.1) is 0 Å². The fourth-order valence-electron chi connectivity index (χ4n) is 4.12. The second-order valence-electron chi connectivity index (χ2n) is 8.40. The number of nitrogens with zero attached hydrogens (tertiary/aromatic N) is 2. The highest BCUT2D eigenvalue weighted by atomic mass is 32.2. The maximum atomic E-state index is 13.5. The van der Waals surface area contributed by atoms with Crippen molar-refractivity contribution in [1.82, 2.24) is 14.5 Å². The summed E-state index contributed by atoms with van der Waals surface area (Å²) in [6.07, 6.45) is 0.594. The monoisotopic (exact) mass is 497 g/mol. The first kappa shape index (κ1) is 24.1. The van der Waals surface area contributed by atoms with Crippen LogP contribution in [0.1, 0.15) is 17.4 Å². The zero-order valence-electron chi connectivity index (χ0n) is 18.9. The lowest BCUT2D eigenvalue weighted by Gasteiger charge is -2.46. The second kappa shape index (κ2) is 10.1. The molecule has 0 radical (unpaired) electrons. The molecule has 1 fully saturated rings. The number of benzene rings is 2. The van der Waals surface area contributed by atoms with Gasteiger partial charge < -0.3 is 10.2 Å². The van der Waals surface area contributed by atoms with E-state index in [0.29, 0.717) is 13.0 Å². The van der Waals surface area contributed by atoms with Crippen LogP contribution in [0.25, 0.3) is 0 Å². The van der Waals surface area contributed by atoms with Crippen LogP contribution in [0.15, 0.2) is 83.1 Å². The van der Waals surface area contributed by atoms with Crippen molar-refractivity contribution in [3.63, 3.8) is 0 Å². The minimum atomic E-state index is -3.94. The summed E-state index contributed by atoms with van der Waals surface area (Å²) in [5.74, 6) is -0.775. The number of sulfonamides is 1. The summed E-state index contributed by atoms with van der Waals surface area (Å²) in [7, 11) is -3.94. The second-order valence-corrected chi connectivity index (χ2v) is 11.4. The number of thiophene rings is 1. The lowest BCUT2D eigenvalue weighted by atomic mass is 9.95. The normalized spacial score (nSPS) is 19.2. The fourth-order valence-corrected chi connectivity index (χ4v) is 6.32. The third-order valence-electron chi connectivity index (χ3n) is 6.02. The summed E-state index contributed by atoms with van der Waals surface area (Å²) < 4.78 is 27.7. The molecule has 1 unspecified atom stereocenters. The number of amides is 2. The highest BCUT2D eigenvalue weighted by molar-refractivity contribution is 7.89.